The van der Waals surface area contributed by atoms with Crippen molar-refractivity contribution in [2.24, 2.45) is 0 Å². The fourth-order valence-electron chi connectivity index (χ4n) is 0.920. The number of alkyl halides is 2. The molecule has 4 heteroatoms. The lowest BCUT2D eigenvalue weighted by Crippen LogP contribution is -2.56. The van der Waals surface area contributed by atoms with E-state index < -0.39 is 5.92 Å². The minimum atomic E-state index is -2.46. The summed E-state index contributed by atoms with van der Waals surface area (Å²) in [5.41, 5.74) is 0. The Morgan fingerprint density at radius 2 is 2.10 bits per heavy atom. The Bertz CT molecular complexity index is 110. The molecule has 0 N–H and O–H groups in total. The third-order valence-corrected chi connectivity index (χ3v) is 1.39. The predicted molar refractivity (Wildman–Crippen MR) is 33.0 cm³/mol. The van der Waals surface area contributed by atoms with Crippen LogP contribution in [0.5, 0.6) is 0 Å². The maximum Gasteiger partial charge on any atom is 0.273 e. The normalized spacial score (nSPS) is 24.3. The highest BCUT2D eigenvalue weighted by Crippen LogP contribution is 2.25. The predicted octanol–water partition coefficient (Wildman–Crippen LogP) is 0.931. The average molecular weight is 151 g/mol. The number of ether oxygens (including phenoxy) is 1. The van der Waals surface area contributed by atoms with Crippen LogP contribution in [0.4, 0.5) is 8.78 Å². The first-order chi connectivity index (χ1) is 4.64. The summed E-state index contributed by atoms with van der Waals surface area (Å²) in [4.78, 5) is 1.57. The maximum absolute atomic E-state index is 12.1. The van der Waals surface area contributed by atoms with Crippen molar-refractivity contribution in [3.63, 3.8) is 0 Å². The van der Waals surface area contributed by atoms with Crippen LogP contribution in [-0.4, -0.2) is 37.2 Å². The number of hydrogen-bond donors (Lipinski definition) is 0. The highest BCUT2D eigenvalue weighted by Gasteiger charge is 2.43. The van der Waals surface area contributed by atoms with E-state index in [1.54, 1.807) is 4.90 Å². The van der Waals surface area contributed by atoms with Crippen LogP contribution in [0.2, 0.25) is 0 Å². The minimum absolute atomic E-state index is 0.146. The van der Waals surface area contributed by atoms with E-state index in [0.29, 0.717) is 13.3 Å². The summed E-state index contributed by atoms with van der Waals surface area (Å²) in [6.07, 6.45) is 0. The lowest BCUT2D eigenvalue weighted by molar-refractivity contribution is -0.161. The Hall–Kier alpha value is -0.220. The Morgan fingerprint density at radius 1 is 1.50 bits per heavy atom. The number of halogens is 2. The van der Waals surface area contributed by atoms with Gasteiger partial charge in [0.25, 0.3) is 5.92 Å². The molecule has 0 aromatic heterocycles. The summed E-state index contributed by atoms with van der Waals surface area (Å²) in [6, 6.07) is 0. The highest BCUT2D eigenvalue weighted by atomic mass is 19.3. The lowest BCUT2D eigenvalue weighted by atomic mass is 10.2. The molecule has 60 valence electrons. The molecule has 10 heavy (non-hydrogen) atoms. The molecule has 2 nitrogen and oxygen atoms in total. The van der Waals surface area contributed by atoms with Gasteiger partial charge in [0.15, 0.2) is 0 Å². The number of nitrogens with zero attached hydrogens (tertiary/aromatic N) is 1. The zero-order valence-electron chi connectivity index (χ0n) is 5.94. The van der Waals surface area contributed by atoms with Gasteiger partial charge in [0.2, 0.25) is 0 Å². The Morgan fingerprint density at radius 3 is 2.50 bits per heavy atom. The van der Waals surface area contributed by atoms with Crippen LogP contribution in [0.1, 0.15) is 6.92 Å². The standard InChI is InChI=1S/C6H11F2NO/c1-2-10-5-9-3-6(7,8)4-9/h2-5H2,1H3. The van der Waals surface area contributed by atoms with Crippen molar-refractivity contribution in [1.82, 2.24) is 4.90 Å². The van der Waals surface area contributed by atoms with E-state index in [-0.39, 0.29) is 13.1 Å². The quantitative estimate of drug-likeness (QED) is 0.595. The smallest absolute Gasteiger partial charge is 0.273 e. The van der Waals surface area contributed by atoms with Gasteiger partial charge in [-0.2, -0.15) is 0 Å². The molecule has 1 saturated heterocycles. The molecule has 1 aliphatic rings. The topological polar surface area (TPSA) is 12.5 Å². The number of hydrogen-bond acceptors (Lipinski definition) is 2. The first-order valence-corrected chi connectivity index (χ1v) is 3.32. The first-order valence-electron chi connectivity index (χ1n) is 3.32. The molecule has 0 amide bonds. The van der Waals surface area contributed by atoms with Crippen LogP contribution < -0.4 is 0 Å². The molecule has 1 rings (SSSR count). The molecule has 0 aromatic carbocycles. The van der Waals surface area contributed by atoms with Crippen LogP contribution in [0, 0.1) is 0 Å². The third-order valence-electron chi connectivity index (χ3n) is 1.39. The second-order valence-electron chi connectivity index (χ2n) is 2.46. The van der Waals surface area contributed by atoms with Crippen molar-refractivity contribution in [1.29, 1.82) is 0 Å². The molecule has 0 unspecified atom stereocenters. The third kappa shape index (κ3) is 1.88. The van der Waals surface area contributed by atoms with Crippen molar-refractivity contribution in [2.75, 3.05) is 26.4 Å². The van der Waals surface area contributed by atoms with Crippen molar-refractivity contribution in [3.05, 3.63) is 0 Å². The van der Waals surface area contributed by atoms with Crippen molar-refractivity contribution >= 4 is 0 Å². The van der Waals surface area contributed by atoms with Gasteiger partial charge in [0, 0.05) is 6.61 Å². The van der Waals surface area contributed by atoms with Gasteiger partial charge < -0.3 is 4.74 Å². The van der Waals surface area contributed by atoms with Gasteiger partial charge >= 0.3 is 0 Å². The van der Waals surface area contributed by atoms with Gasteiger partial charge in [-0.05, 0) is 6.92 Å². The number of likely N-dealkylation sites (tertiary alicyclic amines) is 1. The average Bonchev–Trinajstić information content (AvgIpc) is 1.78. The van der Waals surface area contributed by atoms with Gasteiger partial charge in [-0.15, -0.1) is 0 Å². The van der Waals surface area contributed by atoms with E-state index in [2.05, 4.69) is 0 Å². The first kappa shape index (κ1) is 7.88. The molecule has 0 saturated carbocycles. The van der Waals surface area contributed by atoms with Gasteiger partial charge in [0.05, 0.1) is 19.8 Å². The van der Waals surface area contributed by atoms with Gasteiger partial charge in [0.1, 0.15) is 0 Å². The Kier molecular flexibility index (Phi) is 2.21. The van der Waals surface area contributed by atoms with Crippen LogP contribution in [0.15, 0.2) is 0 Å². The molecule has 0 aromatic rings. The monoisotopic (exact) mass is 151 g/mol. The van der Waals surface area contributed by atoms with Crippen LogP contribution in [-0.2, 0) is 4.74 Å². The fourth-order valence-corrected chi connectivity index (χ4v) is 0.920. The molecule has 1 aliphatic heterocycles. The SMILES string of the molecule is CCOCN1CC(F)(F)C1. The van der Waals surface area contributed by atoms with Crippen molar-refractivity contribution in [3.8, 4) is 0 Å². The second-order valence-corrected chi connectivity index (χ2v) is 2.46. The van der Waals surface area contributed by atoms with Gasteiger partial charge in [-0.3, -0.25) is 4.90 Å². The molecule has 0 radical (unpaired) electrons. The Balaban J connectivity index is 2.03. The minimum Gasteiger partial charge on any atom is -0.366 e. The highest BCUT2D eigenvalue weighted by molar-refractivity contribution is 4.85. The second kappa shape index (κ2) is 2.80. The molecule has 0 aliphatic carbocycles. The van der Waals surface area contributed by atoms with E-state index >= 15 is 0 Å². The van der Waals surface area contributed by atoms with E-state index in [1.165, 1.54) is 0 Å². The summed E-state index contributed by atoms with van der Waals surface area (Å²) in [7, 11) is 0. The van der Waals surface area contributed by atoms with Crippen LogP contribution in [0.25, 0.3) is 0 Å². The summed E-state index contributed by atoms with van der Waals surface area (Å²) in [5, 5.41) is 0. The molecular formula is C6H11F2NO. The molecule has 0 atom stereocenters. The summed E-state index contributed by atoms with van der Waals surface area (Å²) in [6.45, 7) is 2.48. The largest absolute Gasteiger partial charge is 0.366 e. The van der Waals surface area contributed by atoms with Crippen LogP contribution >= 0.6 is 0 Å². The lowest BCUT2D eigenvalue weighted by Gasteiger charge is -2.37. The van der Waals surface area contributed by atoms with E-state index in [0.717, 1.165) is 0 Å². The summed E-state index contributed by atoms with van der Waals surface area (Å²) in [5.74, 6) is -2.46. The molecule has 1 heterocycles. The van der Waals surface area contributed by atoms with Crippen LogP contribution in [0.3, 0.4) is 0 Å². The maximum atomic E-state index is 12.1. The summed E-state index contributed by atoms with van der Waals surface area (Å²) < 4.78 is 29.2. The molecular weight excluding hydrogens is 140 g/mol. The van der Waals surface area contributed by atoms with E-state index in [1.807, 2.05) is 6.92 Å². The zero-order valence-corrected chi connectivity index (χ0v) is 5.94. The van der Waals surface area contributed by atoms with Crippen molar-refractivity contribution < 1.29 is 13.5 Å². The molecule has 0 spiro atoms. The van der Waals surface area contributed by atoms with Crippen molar-refractivity contribution in [2.45, 2.75) is 12.8 Å². The summed E-state index contributed by atoms with van der Waals surface area (Å²) >= 11 is 0. The Labute approximate surface area is 58.8 Å². The zero-order chi connectivity index (χ0) is 7.61. The van der Waals surface area contributed by atoms with E-state index in [4.69, 9.17) is 4.74 Å². The molecule has 0 bridgehead atoms. The van der Waals surface area contributed by atoms with Gasteiger partial charge in [-0.25, -0.2) is 8.78 Å². The van der Waals surface area contributed by atoms with E-state index in [9.17, 15) is 8.78 Å². The molecule has 1 fully saturated rings. The fraction of sp³-hybridized carbons (Fsp3) is 1.00. The number of rotatable bonds is 3. The van der Waals surface area contributed by atoms with Gasteiger partial charge in [-0.1, -0.05) is 0 Å².